The largest absolute Gasteiger partial charge is 0.497 e. The van der Waals surface area contributed by atoms with Gasteiger partial charge in [-0.25, -0.2) is 0 Å². The molecule has 1 aromatic carbocycles. The third kappa shape index (κ3) is 3.05. The van der Waals surface area contributed by atoms with E-state index in [0.717, 1.165) is 30.7 Å². The Morgan fingerprint density at radius 3 is 2.88 bits per heavy atom. The van der Waals surface area contributed by atoms with Crippen LogP contribution in [0.2, 0.25) is 0 Å². The fourth-order valence-corrected chi connectivity index (χ4v) is 4.07. The van der Waals surface area contributed by atoms with Crippen LogP contribution in [0.3, 0.4) is 0 Å². The lowest BCUT2D eigenvalue weighted by atomic mass is 10.1. The number of thiophene rings is 1. The number of hydrogen-bond acceptors (Lipinski definition) is 5. The fraction of sp³-hybridized carbons (Fsp3) is 0.263. The van der Waals surface area contributed by atoms with Gasteiger partial charge < -0.3 is 14.2 Å². The van der Waals surface area contributed by atoms with E-state index in [-0.39, 0.29) is 11.9 Å². The maximum absolute atomic E-state index is 12.9. The Balaban J connectivity index is 1.55. The van der Waals surface area contributed by atoms with Gasteiger partial charge in [0.2, 0.25) is 0 Å². The van der Waals surface area contributed by atoms with Crippen LogP contribution >= 0.6 is 11.3 Å². The number of hydrogen-bond donors (Lipinski definition) is 0. The van der Waals surface area contributed by atoms with Gasteiger partial charge in [0.05, 0.1) is 13.2 Å². The first kappa shape index (κ1) is 15.9. The van der Waals surface area contributed by atoms with Gasteiger partial charge in [0.25, 0.3) is 5.91 Å². The smallest absolute Gasteiger partial charge is 0.276 e. The zero-order chi connectivity index (χ0) is 17.2. The van der Waals surface area contributed by atoms with Gasteiger partial charge >= 0.3 is 0 Å². The monoisotopic (exact) mass is 354 g/mol. The molecule has 0 N–H and O–H groups in total. The summed E-state index contributed by atoms with van der Waals surface area (Å²) < 4.78 is 10.6. The average molecular weight is 354 g/mol. The summed E-state index contributed by atoms with van der Waals surface area (Å²) in [5.41, 5.74) is 1.22. The van der Waals surface area contributed by atoms with E-state index >= 15 is 0 Å². The van der Waals surface area contributed by atoms with Crippen LogP contribution in [0.1, 0.15) is 34.2 Å². The predicted molar refractivity (Wildman–Crippen MR) is 95.8 cm³/mol. The summed E-state index contributed by atoms with van der Waals surface area (Å²) in [7, 11) is 1.63. The van der Waals surface area contributed by atoms with Crippen molar-refractivity contribution >= 4 is 17.2 Å². The van der Waals surface area contributed by atoms with Gasteiger partial charge in [0.1, 0.15) is 5.75 Å². The van der Waals surface area contributed by atoms with E-state index in [4.69, 9.17) is 9.26 Å². The second-order valence-corrected chi connectivity index (χ2v) is 6.96. The molecule has 4 rings (SSSR count). The molecule has 128 valence electrons. The van der Waals surface area contributed by atoms with Gasteiger partial charge in [-0.2, -0.15) is 0 Å². The Morgan fingerprint density at radius 1 is 1.32 bits per heavy atom. The van der Waals surface area contributed by atoms with Crippen molar-refractivity contribution in [3.8, 4) is 17.1 Å². The minimum Gasteiger partial charge on any atom is -0.497 e. The lowest BCUT2D eigenvalue weighted by Crippen LogP contribution is -2.30. The number of aromatic nitrogens is 1. The Hall–Kier alpha value is -2.60. The Kier molecular flexibility index (Phi) is 4.28. The van der Waals surface area contributed by atoms with E-state index < -0.39 is 0 Å². The predicted octanol–water partition coefficient (Wildman–Crippen LogP) is 4.39. The van der Waals surface area contributed by atoms with Crippen LogP contribution in [-0.2, 0) is 0 Å². The number of rotatable bonds is 4. The maximum atomic E-state index is 12.9. The molecule has 2 aromatic heterocycles. The van der Waals surface area contributed by atoms with Gasteiger partial charge in [-0.15, -0.1) is 11.3 Å². The minimum atomic E-state index is -0.0700. The Morgan fingerprint density at radius 2 is 2.16 bits per heavy atom. The first-order valence-corrected chi connectivity index (χ1v) is 9.10. The molecule has 0 aliphatic carbocycles. The normalized spacial score (nSPS) is 17.0. The van der Waals surface area contributed by atoms with Crippen LogP contribution in [0, 0.1) is 0 Å². The summed E-state index contributed by atoms with van der Waals surface area (Å²) in [5.74, 6) is 1.28. The molecule has 0 saturated carbocycles. The number of amides is 1. The van der Waals surface area contributed by atoms with E-state index in [0.29, 0.717) is 11.5 Å². The van der Waals surface area contributed by atoms with E-state index in [9.17, 15) is 4.79 Å². The van der Waals surface area contributed by atoms with Crippen LogP contribution in [0.4, 0.5) is 0 Å². The Labute approximate surface area is 149 Å². The highest BCUT2D eigenvalue weighted by Crippen LogP contribution is 2.35. The van der Waals surface area contributed by atoms with Gasteiger partial charge in [-0.1, -0.05) is 11.2 Å². The molecule has 1 amide bonds. The highest BCUT2D eigenvalue weighted by atomic mass is 32.1. The number of benzene rings is 1. The van der Waals surface area contributed by atoms with Gasteiger partial charge in [-0.3, -0.25) is 4.79 Å². The molecule has 0 radical (unpaired) electrons. The standard InChI is InChI=1S/C19H18N2O3S/c1-23-14-8-6-13(7-9-14)17-12-15(20-24-17)19(22)21-10-2-4-16(21)18-5-3-11-25-18/h3,5-9,11-12,16H,2,4,10H2,1H3/t16-/m1/s1. The third-order valence-electron chi connectivity index (χ3n) is 4.49. The summed E-state index contributed by atoms with van der Waals surface area (Å²) in [6.07, 6.45) is 2.01. The average Bonchev–Trinajstić information content (AvgIpc) is 3.42. The Bertz CT molecular complexity index is 855. The van der Waals surface area contributed by atoms with E-state index in [1.54, 1.807) is 24.5 Å². The van der Waals surface area contributed by atoms with Crippen LogP contribution in [0.15, 0.2) is 52.4 Å². The van der Waals surface area contributed by atoms with Gasteiger partial charge in [-0.05, 0) is 48.6 Å². The van der Waals surface area contributed by atoms with Crippen molar-refractivity contribution < 1.29 is 14.1 Å². The minimum absolute atomic E-state index is 0.0700. The number of carbonyl (C=O) groups excluding carboxylic acids is 1. The summed E-state index contributed by atoms with van der Waals surface area (Å²) in [5, 5.41) is 6.05. The molecule has 1 fully saturated rings. The molecule has 6 heteroatoms. The van der Waals surface area contributed by atoms with Crippen LogP contribution in [0.25, 0.3) is 11.3 Å². The summed E-state index contributed by atoms with van der Waals surface area (Å²) in [6.45, 7) is 0.756. The molecular formula is C19H18N2O3S. The molecule has 1 saturated heterocycles. The quantitative estimate of drug-likeness (QED) is 0.697. The van der Waals surface area contributed by atoms with Crippen molar-refractivity contribution in [2.75, 3.05) is 13.7 Å². The number of ether oxygens (including phenoxy) is 1. The summed E-state index contributed by atoms with van der Waals surface area (Å²) in [4.78, 5) is 16.0. The molecule has 5 nitrogen and oxygen atoms in total. The molecule has 1 aliphatic rings. The molecule has 3 heterocycles. The molecule has 0 bridgehead atoms. The summed E-state index contributed by atoms with van der Waals surface area (Å²) >= 11 is 1.69. The second kappa shape index (κ2) is 6.72. The van der Waals surface area contributed by atoms with Crippen molar-refractivity contribution in [3.05, 3.63) is 58.4 Å². The van der Waals surface area contributed by atoms with Gasteiger partial charge in [0, 0.05) is 23.1 Å². The molecule has 25 heavy (non-hydrogen) atoms. The second-order valence-electron chi connectivity index (χ2n) is 5.98. The molecule has 3 aromatic rings. The van der Waals surface area contributed by atoms with Crippen molar-refractivity contribution in [1.82, 2.24) is 10.1 Å². The number of nitrogens with zero attached hydrogens (tertiary/aromatic N) is 2. The summed E-state index contributed by atoms with van der Waals surface area (Å²) in [6, 6.07) is 13.5. The van der Waals surface area contributed by atoms with Gasteiger partial charge in [0.15, 0.2) is 11.5 Å². The van der Waals surface area contributed by atoms with Crippen molar-refractivity contribution in [2.45, 2.75) is 18.9 Å². The zero-order valence-electron chi connectivity index (χ0n) is 13.8. The van der Waals surface area contributed by atoms with Crippen LogP contribution in [-0.4, -0.2) is 29.6 Å². The highest BCUT2D eigenvalue weighted by molar-refractivity contribution is 7.10. The number of methoxy groups -OCH3 is 1. The lowest BCUT2D eigenvalue weighted by molar-refractivity contribution is 0.0727. The number of likely N-dealkylation sites (tertiary alicyclic amines) is 1. The van der Waals surface area contributed by atoms with Crippen molar-refractivity contribution in [1.29, 1.82) is 0 Å². The molecular weight excluding hydrogens is 336 g/mol. The van der Waals surface area contributed by atoms with Crippen molar-refractivity contribution in [3.63, 3.8) is 0 Å². The SMILES string of the molecule is COc1ccc(-c2cc(C(=O)N3CCC[C@@H]3c3cccs3)no2)cc1. The van der Waals surface area contributed by atoms with Crippen LogP contribution < -0.4 is 4.74 Å². The third-order valence-corrected chi connectivity index (χ3v) is 5.46. The van der Waals surface area contributed by atoms with Crippen LogP contribution in [0.5, 0.6) is 5.75 Å². The zero-order valence-corrected chi connectivity index (χ0v) is 14.7. The molecule has 0 spiro atoms. The first-order chi connectivity index (χ1) is 12.3. The number of carbonyl (C=O) groups is 1. The first-order valence-electron chi connectivity index (χ1n) is 8.22. The van der Waals surface area contributed by atoms with E-state index in [1.165, 1.54) is 4.88 Å². The fourth-order valence-electron chi connectivity index (χ4n) is 3.20. The molecule has 1 aliphatic heterocycles. The highest BCUT2D eigenvalue weighted by Gasteiger charge is 2.32. The topological polar surface area (TPSA) is 55.6 Å². The molecule has 0 unspecified atom stereocenters. The van der Waals surface area contributed by atoms with Crippen molar-refractivity contribution in [2.24, 2.45) is 0 Å². The van der Waals surface area contributed by atoms with E-state index in [2.05, 4.69) is 11.2 Å². The lowest BCUT2D eigenvalue weighted by Gasteiger charge is -2.22. The molecule has 1 atom stereocenters. The van der Waals surface area contributed by atoms with E-state index in [1.807, 2.05) is 40.6 Å². The maximum Gasteiger partial charge on any atom is 0.276 e.